The third kappa shape index (κ3) is 3.34. The number of hydrogen-bond donors (Lipinski definition) is 1. The normalized spacial score (nSPS) is 11.4. The summed E-state index contributed by atoms with van der Waals surface area (Å²) < 4.78 is 43.0. The number of ketones is 1. The molecule has 2 aromatic rings. The molecule has 0 bridgehead atoms. The zero-order valence-electron chi connectivity index (χ0n) is 12.6. The molecule has 2 N–H and O–H groups in total. The van der Waals surface area contributed by atoms with E-state index >= 15 is 0 Å². The summed E-state index contributed by atoms with van der Waals surface area (Å²) in [4.78, 5) is 33.9. The molecule has 0 radical (unpaired) electrons. The lowest BCUT2D eigenvalue weighted by atomic mass is 9.97. The van der Waals surface area contributed by atoms with Crippen LogP contribution in [0.25, 0.3) is 0 Å². The summed E-state index contributed by atoms with van der Waals surface area (Å²) in [6, 6.07) is 1.44. The Kier molecular flexibility index (Phi) is 4.59. The quantitative estimate of drug-likeness (QED) is 0.497. The molecule has 0 saturated heterocycles. The number of rotatable bonds is 5. The number of nitro benzene ring substituents is 1. The van der Waals surface area contributed by atoms with E-state index in [9.17, 15) is 32.9 Å². The third-order valence-corrected chi connectivity index (χ3v) is 3.31. The molecule has 2 rings (SSSR count). The second-order valence-electron chi connectivity index (χ2n) is 4.86. The number of aromatic nitrogens is 1. The van der Waals surface area contributed by atoms with Crippen molar-refractivity contribution < 1.29 is 32.2 Å². The minimum absolute atomic E-state index is 0.0620. The second-order valence-corrected chi connectivity index (χ2v) is 4.86. The Hall–Kier alpha value is -3.24. The molecule has 0 unspecified atom stereocenters. The minimum Gasteiger partial charge on any atom is -0.364 e. The van der Waals surface area contributed by atoms with Crippen LogP contribution < -0.4 is 5.73 Å². The molecule has 0 fully saturated rings. The molecule has 0 atom stereocenters. The van der Waals surface area contributed by atoms with Gasteiger partial charge in [0.15, 0.2) is 5.69 Å². The molecule has 1 amide bonds. The Morgan fingerprint density at radius 2 is 2.00 bits per heavy atom. The van der Waals surface area contributed by atoms with Crippen molar-refractivity contribution in [2.24, 2.45) is 5.73 Å². The smallest absolute Gasteiger partial charge is 0.364 e. The number of halogens is 3. The van der Waals surface area contributed by atoms with Crippen molar-refractivity contribution in [3.05, 3.63) is 56.5 Å². The van der Waals surface area contributed by atoms with Gasteiger partial charge in [-0.1, -0.05) is 12.1 Å². The number of benzene rings is 1. The highest BCUT2D eigenvalue weighted by Crippen LogP contribution is 2.34. The van der Waals surface area contributed by atoms with Crippen LogP contribution in [0.1, 0.15) is 44.7 Å². The number of nitrogens with two attached hydrogens (primary N) is 1. The molecule has 0 spiro atoms. The number of alkyl halides is 3. The van der Waals surface area contributed by atoms with E-state index < -0.39 is 50.9 Å². The SMILES string of the molecule is CCc1onc(C(N)=O)c1C(=O)c1ccc(C(F)(F)F)cc1[N+](=O)[O-]. The second kappa shape index (κ2) is 6.34. The molecular formula is C14H10F3N3O5. The fourth-order valence-corrected chi connectivity index (χ4v) is 2.15. The molecular weight excluding hydrogens is 347 g/mol. The molecule has 0 saturated carbocycles. The number of aryl methyl sites for hydroxylation is 1. The Morgan fingerprint density at radius 1 is 1.36 bits per heavy atom. The topological polar surface area (TPSA) is 129 Å². The fourth-order valence-electron chi connectivity index (χ4n) is 2.15. The molecule has 132 valence electrons. The summed E-state index contributed by atoms with van der Waals surface area (Å²) in [5.41, 5.74) is 1.15. The van der Waals surface area contributed by atoms with Crippen molar-refractivity contribution in [3.63, 3.8) is 0 Å². The number of nitro groups is 1. The maximum Gasteiger partial charge on any atom is 0.416 e. The summed E-state index contributed by atoms with van der Waals surface area (Å²) in [6.07, 6.45) is -4.72. The Labute approximate surface area is 137 Å². The fraction of sp³-hybridized carbons (Fsp3) is 0.214. The first-order valence-electron chi connectivity index (χ1n) is 6.76. The Bertz CT molecular complexity index is 873. The standard InChI is InChI=1S/C14H10F3N3O5/c1-2-9-10(11(13(18)22)19-25-9)12(21)7-4-3-6(14(15,16)17)5-8(7)20(23)24/h3-5H,2H2,1H3,(H2,18,22). The number of amides is 1. The van der Waals surface area contributed by atoms with E-state index in [4.69, 9.17) is 10.3 Å². The number of carbonyl (C=O) groups is 2. The summed E-state index contributed by atoms with van der Waals surface area (Å²) >= 11 is 0. The molecule has 1 heterocycles. The van der Waals surface area contributed by atoms with Gasteiger partial charge in [0.25, 0.3) is 11.6 Å². The van der Waals surface area contributed by atoms with E-state index in [1.54, 1.807) is 6.92 Å². The predicted molar refractivity (Wildman–Crippen MR) is 75.9 cm³/mol. The highest BCUT2D eigenvalue weighted by atomic mass is 19.4. The average Bonchev–Trinajstić information content (AvgIpc) is 2.96. The lowest BCUT2D eigenvalue weighted by Gasteiger charge is -2.08. The molecule has 11 heteroatoms. The van der Waals surface area contributed by atoms with Gasteiger partial charge in [-0.15, -0.1) is 0 Å². The number of nitrogens with zero attached hydrogens (tertiary/aromatic N) is 2. The van der Waals surface area contributed by atoms with Crippen LogP contribution in [0.2, 0.25) is 0 Å². The van der Waals surface area contributed by atoms with E-state index in [0.29, 0.717) is 12.1 Å². The summed E-state index contributed by atoms with van der Waals surface area (Å²) in [5, 5.41) is 14.4. The number of hydrogen-bond acceptors (Lipinski definition) is 6. The van der Waals surface area contributed by atoms with Gasteiger partial charge in [0.2, 0.25) is 5.78 Å². The van der Waals surface area contributed by atoms with E-state index in [-0.39, 0.29) is 18.2 Å². The average molecular weight is 357 g/mol. The monoisotopic (exact) mass is 357 g/mol. The molecule has 1 aromatic carbocycles. The van der Waals surface area contributed by atoms with E-state index in [2.05, 4.69) is 5.16 Å². The van der Waals surface area contributed by atoms with Crippen molar-refractivity contribution in [2.45, 2.75) is 19.5 Å². The van der Waals surface area contributed by atoms with E-state index in [1.807, 2.05) is 0 Å². The highest BCUT2D eigenvalue weighted by Gasteiger charge is 2.35. The molecule has 25 heavy (non-hydrogen) atoms. The summed E-state index contributed by atoms with van der Waals surface area (Å²) in [6.45, 7) is 1.56. The summed E-state index contributed by atoms with van der Waals surface area (Å²) in [5.74, 6) is -2.25. The molecule has 0 aliphatic carbocycles. The lowest BCUT2D eigenvalue weighted by molar-refractivity contribution is -0.385. The van der Waals surface area contributed by atoms with Crippen LogP contribution in [0.3, 0.4) is 0 Å². The highest BCUT2D eigenvalue weighted by molar-refractivity contribution is 6.16. The molecule has 0 aliphatic rings. The zero-order valence-corrected chi connectivity index (χ0v) is 12.6. The summed E-state index contributed by atoms with van der Waals surface area (Å²) in [7, 11) is 0. The number of primary amides is 1. The van der Waals surface area contributed by atoms with Crippen LogP contribution in [-0.4, -0.2) is 21.8 Å². The van der Waals surface area contributed by atoms with E-state index in [0.717, 1.165) is 0 Å². The van der Waals surface area contributed by atoms with Crippen molar-refractivity contribution in [1.29, 1.82) is 0 Å². The Morgan fingerprint density at radius 3 is 2.48 bits per heavy atom. The predicted octanol–water partition coefficient (Wildman–Crippen LogP) is 2.49. The number of carbonyl (C=O) groups excluding carboxylic acids is 2. The third-order valence-electron chi connectivity index (χ3n) is 3.31. The van der Waals surface area contributed by atoms with Gasteiger partial charge in [-0.3, -0.25) is 19.7 Å². The van der Waals surface area contributed by atoms with Crippen LogP contribution in [0.15, 0.2) is 22.7 Å². The van der Waals surface area contributed by atoms with E-state index in [1.165, 1.54) is 0 Å². The first-order valence-corrected chi connectivity index (χ1v) is 6.76. The van der Waals surface area contributed by atoms with Crippen LogP contribution >= 0.6 is 0 Å². The van der Waals surface area contributed by atoms with Gasteiger partial charge < -0.3 is 10.3 Å². The van der Waals surface area contributed by atoms with Gasteiger partial charge in [0.1, 0.15) is 11.3 Å². The maximum atomic E-state index is 12.7. The molecule has 1 aromatic heterocycles. The van der Waals surface area contributed by atoms with Gasteiger partial charge in [0.05, 0.1) is 16.1 Å². The van der Waals surface area contributed by atoms with Crippen molar-refractivity contribution in [3.8, 4) is 0 Å². The van der Waals surface area contributed by atoms with Crippen molar-refractivity contribution >= 4 is 17.4 Å². The largest absolute Gasteiger partial charge is 0.416 e. The van der Waals surface area contributed by atoms with Gasteiger partial charge >= 0.3 is 6.18 Å². The minimum atomic E-state index is -4.82. The maximum absolute atomic E-state index is 12.7. The molecule has 0 aliphatic heterocycles. The van der Waals surface area contributed by atoms with Crippen LogP contribution in [-0.2, 0) is 12.6 Å². The van der Waals surface area contributed by atoms with Crippen molar-refractivity contribution in [2.75, 3.05) is 0 Å². The van der Waals surface area contributed by atoms with Gasteiger partial charge in [-0.05, 0) is 12.1 Å². The Balaban J connectivity index is 2.67. The molecule has 8 nitrogen and oxygen atoms in total. The van der Waals surface area contributed by atoms with Gasteiger partial charge in [-0.25, -0.2) is 0 Å². The van der Waals surface area contributed by atoms with Gasteiger partial charge in [0, 0.05) is 12.5 Å². The van der Waals surface area contributed by atoms with Crippen LogP contribution in [0.5, 0.6) is 0 Å². The first kappa shape index (κ1) is 18.1. The van der Waals surface area contributed by atoms with Crippen LogP contribution in [0, 0.1) is 10.1 Å². The first-order chi connectivity index (χ1) is 11.6. The van der Waals surface area contributed by atoms with Gasteiger partial charge in [-0.2, -0.15) is 13.2 Å². The lowest BCUT2D eigenvalue weighted by Crippen LogP contribution is -2.18. The van der Waals surface area contributed by atoms with Crippen LogP contribution in [0.4, 0.5) is 18.9 Å². The van der Waals surface area contributed by atoms with Crippen molar-refractivity contribution in [1.82, 2.24) is 5.16 Å². The zero-order chi connectivity index (χ0) is 18.9.